The van der Waals surface area contributed by atoms with Crippen LogP contribution >= 0.6 is 0 Å². The van der Waals surface area contributed by atoms with Gasteiger partial charge in [-0.05, 0) is 36.6 Å². The van der Waals surface area contributed by atoms with E-state index in [4.69, 9.17) is 23.7 Å². The average molecular weight is 584 g/mol. The number of ether oxygens (including phenoxy) is 5. The SMILES string of the molecule is CCCCCOc1cc(N2CCCN(Cc3ccc(CC(=O)N4CCO[C@H](COC)C4)cc3OC)C2=O)ccc1OC. The Balaban J connectivity index is 1.41. The molecule has 0 spiro atoms. The summed E-state index contributed by atoms with van der Waals surface area (Å²) < 4.78 is 28.1. The molecule has 0 radical (unpaired) electrons. The third-order valence-electron chi connectivity index (χ3n) is 7.69. The molecule has 4 rings (SSSR count). The number of carbonyl (C=O) groups excluding carboxylic acids is 2. The van der Waals surface area contributed by atoms with Gasteiger partial charge in [-0.3, -0.25) is 9.69 Å². The number of morpholine rings is 1. The van der Waals surface area contributed by atoms with Crippen LogP contribution < -0.4 is 19.1 Å². The molecular weight excluding hydrogens is 538 g/mol. The molecule has 3 amide bonds. The van der Waals surface area contributed by atoms with Crippen molar-refractivity contribution in [2.45, 2.75) is 51.7 Å². The van der Waals surface area contributed by atoms with E-state index in [-0.39, 0.29) is 24.5 Å². The molecule has 10 heteroatoms. The van der Waals surface area contributed by atoms with Gasteiger partial charge in [-0.15, -0.1) is 0 Å². The third-order valence-corrected chi connectivity index (χ3v) is 7.69. The lowest BCUT2D eigenvalue weighted by molar-refractivity contribution is -0.140. The maximum Gasteiger partial charge on any atom is 0.324 e. The minimum atomic E-state index is -0.103. The van der Waals surface area contributed by atoms with Gasteiger partial charge in [0.2, 0.25) is 5.91 Å². The molecular formula is C32H45N3O7. The number of rotatable bonds is 14. The van der Waals surface area contributed by atoms with Gasteiger partial charge in [-0.2, -0.15) is 0 Å². The lowest BCUT2D eigenvalue weighted by Gasteiger charge is -2.36. The Labute approximate surface area is 249 Å². The predicted octanol–water partition coefficient (Wildman–Crippen LogP) is 4.52. The number of amides is 3. The Morgan fingerprint density at radius 3 is 2.57 bits per heavy atom. The van der Waals surface area contributed by atoms with Crippen molar-refractivity contribution in [1.29, 1.82) is 0 Å². The molecule has 2 saturated heterocycles. The summed E-state index contributed by atoms with van der Waals surface area (Å²) in [7, 11) is 4.87. The zero-order chi connectivity index (χ0) is 29.9. The summed E-state index contributed by atoms with van der Waals surface area (Å²) in [6.07, 6.45) is 4.20. The highest BCUT2D eigenvalue weighted by molar-refractivity contribution is 5.93. The number of anilines is 1. The van der Waals surface area contributed by atoms with Gasteiger partial charge in [0.05, 0.1) is 53.1 Å². The standard InChI is InChI=1S/C32H45N3O7/c1-5-6-7-16-42-30-20-26(11-12-28(30)39-3)35-14-8-13-34(32(35)37)21-25-10-9-24(18-29(25)40-4)19-31(36)33-15-17-41-27(22-33)23-38-2/h9-12,18,20,27H,5-8,13-17,19,21-23H2,1-4H3/t27-/m0/s1. The number of hydrogen-bond acceptors (Lipinski definition) is 7. The molecule has 0 aromatic heterocycles. The maximum atomic E-state index is 13.6. The van der Waals surface area contributed by atoms with E-state index in [0.29, 0.717) is 69.8 Å². The fraction of sp³-hybridized carbons (Fsp3) is 0.562. The van der Waals surface area contributed by atoms with Gasteiger partial charge in [0, 0.05) is 50.6 Å². The highest BCUT2D eigenvalue weighted by atomic mass is 16.5. The topological polar surface area (TPSA) is 90.0 Å². The highest BCUT2D eigenvalue weighted by Crippen LogP contribution is 2.34. The Hall–Kier alpha value is -3.50. The Bertz CT molecular complexity index is 1190. The number of unbranched alkanes of at least 4 members (excludes halogenated alkanes) is 2. The normalized spacial score (nSPS) is 17.4. The first-order chi connectivity index (χ1) is 20.5. The molecule has 0 N–H and O–H groups in total. The minimum Gasteiger partial charge on any atom is -0.496 e. The van der Waals surface area contributed by atoms with Gasteiger partial charge in [0.1, 0.15) is 5.75 Å². The van der Waals surface area contributed by atoms with Crippen LogP contribution in [0.1, 0.15) is 43.7 Å². The first-order valence-corrected chi connectivity index (χ1v) is 14.9. The summed E-state index contributed by atoms with van der Waals surface area (Å²) in [4.78, 5) is 32.1. The molecule has 2 fully saturated rings. The van der Waals surface area contributed by atoms with E-state index in [0.717, 1.165) is 42.5 Å². The van der Waals surface area contributed by atoms with E-state index in [2.05, 4.69) is 6.92 Å². The van der Waals surface area contributed by atoms with Crippen molar-refractivity contribution in [3.8, 4) is 17.2 Å². The van der Waals surface area contributed by atoms with Gasteiger partial charge in [-0.25, -0.2) is 4.79 Å². The summed E-state index contributed by atoms with van der Waals surface area (Å²) in [5, 5.41) is 0. The Kier molecular flexibility index (Phi) is 11.7. The van der Waals surface area contributed by atoms with E-state index >= 15 is 0 Å². The second kappa shape index (κ2) is 15.7. The summed E-state index contributed by atoms with van der Waals surface area (Å²) in [6, 6.07) is 11.4. The summed E-state index contributed by atoms with van der Waals surface area (Å²) >= 11 is 0. The number of urea groups is 1. The second-order valence-electron chi connectivity index (χ2n) is 10.7. The lowest BCUT2D eigenvalue weighted by Crippen LogP contribution is -2.49. The van der Waals surface area contributed by atoms with Crippen LogP contribution in [0.15, 0.2) is 36.4 Å². The quantitative estimate of drug-likeness (QED) is 0.302. The molecule has 0 aliphatic carbocycles. The van der Waals surface area contributed by atoms with Crippen LogP contribution in [0, 0.1) is 0 Å². The molecule has 0 unspecified atom stereocenters. The average Bonchev–Trinajstić information content (AvgIpc) is 3.01. The van der Waals surface area contributed by atoms with Crippen LogP contribution in [0.25, 0.3) is 0 Å². The molecule has 2 heterocycles. The fourth-order valence-corrected chi connectivity index (χ4v) is 5.40. The predicted molar refractivity (Wildman–Crippen MR) is 161 cm³/mol. The van der Waals surface area contributed by atoms with Crippen molar-refractivity contribution in [3.05, 3.63) is 47.5 Å². The highest BCUT2D eigenvalue weighted by Gasteiger charge is 2.29. The van der Waals surface area contributed by atoms with Crippen LogP contribution in [-0.2, 0) is 27.2 Å². The van der Waals surface area contributed by atoms with E-state index in [1.807, 2.05) is 46.2 Å². The molecule has 0 bridgehead atoms. The van der Waals surface area contributed by atoms with Gasteiger partial charge >= 0.3 is 6.03 Å². The van der Waals surface area contributed by atoms with Crippen molar-refractivity contribution in [2.75, 3.05) is 72.2 Å². The molecule has 2 aliphatic rings. The van der Waals surface area contributed by atoms with Crippen LogP contribution in [0.3, 0.4) is 0 Å². The van der Waals surface area contributed by atoms with Crippen molar-refractivity contribution >= 4 is 17.6 Å². The van der Waals surface area contributed by atoms with Gasteiger partial charge < -0.3 is 33.5 Å². The van der Waals surface area contributed by atoms with Crippen molar-refractivity contribution in [2.24, 2.45) is 0 Å². The van der Waals surface area contributed by atoms with Gasteiger partial charge in [0.15, 0.2) is 11.5 Å². The van der Waals surface area contributed by atoms with E-state index in [9.17, 15) is 9.59 Å². The number of benzene rings is 2. The molecule has 10 nitrogen and oxygen atoms in total. The zero-order valence-electron chi connectivity index (χ0n) is 25.4. The summed E-state index contributed by atoms with van der Waals surface area (Å²) in [5.41, 5.74) is 2.55. The van der Waals surface area contributed by atoms with Crippen molar-refractivity contribution in [1.82, 2.24) is 9.80 Å². The minimum absolute atomic E-state index is 0.0456. The van der Waals surface area contributed by atoms with Gasteiger partial charge in [-0.1, -0.05) is 31.9 Å². The molecule has 230 valence electrons. The monoisotopic (exact) mass is 583 g/mol. The third kappa shape index (κ3) is 8.07. The molecule has 2 aromatic rings. The van der Waals surface area contributed by atoms with Crippen molar-refractivity contribution < 1.29 is 33.3 Å². The Morgan fingerprint density at radius 1 is 0.976 bits per heavy atom. The molecule has 2 aromatic carbocycles. The summed E-state index contributed by atoms with van der Waals surface area (Å²) in [5.74, 6) is 2.01. The Morgan fingerprint density at radius 2 is 1.81 bits per heavy atom. The fourth-order valence-electron chi connectivity index (χ4n) is 5.40. The van der Waals surface area contributed by atoms with Crippen LogP contribution in [0.4, 0.5) is 10.5 Å². The number of nitrogens with zero attached hydrogens (tertiary/aromatic N) is 3. The number of methoxy groups -OCH3 is 3. The maximum absolute atomic E-state index is 13.6. The van der Waals surface area contributed by atoms with Crippen molar-refractivity contribution in [3.63, 3.8) is 0 Å². The molecule has 0 saturated carbocycles. The molecule has 2 aliphatic heterocycles. The van der Waals surface area contributed by atoms with E-state index in [1.54, 1.807) is 26.2 Å². The lowest BCUT2D eigenvalue weighted by atomic mass is 10.1. The smallest absolute Gasteiger partial charge is 0.324 e. The first kappa shape index (κ1) is 31.4. The van der Waals surface area contributed by atoms with Crippen LogP contribution in [-0.4, -0.2) is 95.2 Å². The molecule has 42 heavy (non-hydrogen) atoms. The molecule has 1 atom stereocenters. The zero-order valence-corrected chi connectivity index (χ0v) is 25.4. The van der Waals surface area contributed by atoms with Gasteiger partial charge in [0.25, 0.3) is 0 Å². The second-order valence-corrected chi connectivity index (χ2v) is 10.7. The largest absolute Gasteiger partial charge is 0.496 e. The summed E-state index contributed by atoms with van der Waals surface area (Å²) in [6.45, 7) is 6.51. The van der Waals surface area contributed by atoms with E-state index in [1.165, 1.54) is 0 Å². The van der Waals surface area contributed by atoms with Crippen LogP contribution in [0.2, 0.25) is 0 Å². The number of hydrogen-bond donors (Lipinski definition) is 0. The number of carbonyl (C=O) groups is 2. The first-order valence-electron chi connectivity index (χ1n) is 14.9. The van der Waals surface area contributed by atoms with Crippen LogP contribution in [0.5, 0.6) is 17.2 Å². The van der Waals surface area contributed by atoms with E-state index < -0.39 is 0 Å².